The fourth-order valence-electron chi connectivity index (χ4n) is 3.60. The van der Waals surface area contributed by atoms with Gasteiger partial charge in [-0.25, -0.2) is 0 Å². The molecule has 2 fully saturated rings. The van der Waals surface area contributed by atoms with E-state index >= 15 is 0 Å². The number of benzene rings is 2. The monoisotopic (exact) mass is 424 g/mol. The van der Waals surface area contributed by atoms with Crippen molar-refractivity contribution in [1.29, 1.82) is 0 Å². The minimum absolute atomic E-state index is 0. The second kappa shape index (κ2) is 9.51. The molecule has 0 unspecified atom stereocenters. The lowest BCUT2D eigenvalue weighted by molar-refractivity contribution is -0.129. The maximum absolute atomic E-state index is 12.6. The topological polar surface area (TPSA) is 32.3 Å². The number of hydrogen-bond donors (Lipinski definition) is 1. The van der Waals surface area contributed by atoms with Crippen LogP contribution in [0.15, 0.2) is 41.3 Å². The lowest BCUT2D eigenvalue weighted by atomic mass is 10.0. The molecule has 1 amide bonds. The normalized spacial score (nSPS) is 17.7. The molecule has 6 heteroatoms. The maximum atomic E-state index is 12.6. The third-order valence-electron chi connectivity index (χ3n) is 5.41. The number of amides is 1. The first-order valence-corrected chi connectivity index (χ1v) is 10.9. The molecule has 1 saturated heterocycles. The number of rotatable bonds is 6. The molecule has 1 aliphatic heterocycles. The summed E-state index contributed by atoms with van der Waals surface area (Å²) in [6.45, 7) is 2.91. The van der Waals surface area contributed by atoms with Crippen LogP contribution in [0.2, 0.25) is 5.02 Å². The molecular formula is C21H26Cl2N2OS. The molecule has 2 aliphatic rings. The number of hydrogen-bond acceptors (Lipinski definition) is 3. The Morgan fingerprint density at radius 2 is 1.81 bits per heavy atom. The van der Waals surface area contributed by atoms with Gasteiger partial charge in [0.15, 0.2) is 0 Å². The number of likely N-dealkylation sites (tertiary alicyclic amines) is 1. The standard InChI is InChI=1S/C21H25ClN2OS.ClH/c22-18-5-1-3-16-4-2-6-19(21(16)18)26-14-20(25)24-11-9-17(10-12-24)23-13-15-7-8-15;/h1-6,15,17,23H,7-14H2;1H. The second-order valence-corrected chi connectivity index (χ2v) is 8.81. The highest BCUT2D eigenvalue weighted by Gasteiger charge is 2.26. The molecule has 27 heavy (non-hydrogen) atoms. The van der Waals surface area contributed by atoms with Crippen LogP contribution in [0.4, 0.5) is 0 Å². The Morgan fingerprint density at radius 3 is 2.52 bits per heavy atom. The quantitative estimate of drug-likeness (QED) is 0.662. The molecule has 0 aromatic heterocycles. The van der Waals surface area contributed by atoms with E-state index in [1.165, 1.54) is 12.8 Å². The zero-order valence-electron chi connectivity index (χ0n) is 15.3. The Hall–Kier alpha value is -0.940. The van der Waals surface area contributed by atoms with Gasteiger partial charge in [0.25, 0.3) is 0 Å². The highest BCUT2D eigenvalue weighted by molar-refractivity contribution is 8.00. The fourth-order valence-corrected chi connectivity index (χ4v) is 4.95. The van der Waals surface area contributed by atoms with E-state index in [4.69, 9.17) is 11.6 Å². The Kier molecular flexibility index (Phi) is 7.32. The average Bonchev–Trinajstić information content (AvgIpc) is 3.49. The van der Waals surface area contributed by atoms with Crippen molar-refractivity contribution in [3.63, 3.8) is 0 Å². The Morgan fingerprint density at radius 1 is 1.11 bits per heavy atom. The first-order chi connectivity index (χ1) is 12.7. The fraction of sp³-hybridized carbons (Fsp3) is 0.476. The van der Waals surface area contributed by atoms with Gasteiger partial charge in [-0.15, -0.1) is 24.2 Å². The summed E-state index contributed by atoms with van der Waals surface area (Å²) >= 11 is 7.98. The van der Waals surface area contributed by atoms with E-state index in [0.717, 1.165) is 59.1 Å². The number of carbonyl (C=O) groups excluding carboxylic acids is 1. The predicted octanol–water partition coefficient (Wildman–Crippen LogP) is 5.00. The van der Waals surface area contributed by atoms with E-state index < -0.39 is 0 Å². The molecule has 2 aromatic rings. The maximum Gasteiger partial charge on any atom is 0.232 e. The van der Waals surface area contributed by atoms with Crippen molar-refractivity contribution in [3.8, 4) is 0 Å². The summed E-state index contributed by atoms with van der Waals surface area (Å²) in [6, 6.07) is 12.7. The molecule has 0 bridgehead atoms. The second-order valence-electron chi connectivity index (χ2n) is 7.39. The van der Waals surface area contributed by atoms with Gasteiger partial charge in [-0.2, -0.15) is 0 Å². The zero-order chi connectivity index (χ0) is 17.9. The van der Waals surface area contributed by atoms with Crippen molar-refractivity contribution < 1.29 is 4.79 Å². The summed E-state index contributed by atoms with van der Waals surface area (Å²) in [5.74, 6) is 1.63. The van der Waals surface area contributed by atoms with Crippen molar-refractivity contribution >= 4 is 52.4 Å². The van der Waals surface area contributed by atoms with Gasteiger partial charge < -0.3 is 10.2 Å². The first-order valence-electron chi connectivity index (χ1n) is 9.52. The number of halogens is 2. The number of nitrogens with one attached hydrogen (secondary N) is 1. The molecular weight excluding hydrogens is 399 g/mol. The third-order valence-corrected chi connectivity index (χ3v) is 6.76. The summed E-state index contributed by atoms with van der Waals surface area (Å²) in [6.07, 6.45) is 4.92. The lowest BCUT2D eigenvalue weighted by Crippen LogP contribution is -2.45. The molecule has 3 nitrogen and oxygen atoms in total. The van der Waals surface area contributed by atoms with Gasteiger partial charge in [0.05, 0.1) is 5.75 Å². The minimum atomic E-state index is 0. The number of thioether (sulfide) groups is 1. The summed E-state index contributed by atoms with van der Waals surface area (Å²) in [7, 11) is 0. The average molecular weight is 425 g/mol. The SMILES string of the molecule is Cl.O=C(CSc1cccc2cccc(Cl)c12)N1CCC(NCC2CC2)CC1. The van der Waals surface area contributed by atoms with Gasteiger partial charge in [0.2, 0.25) is 5.91 Å². The molecule has 4 rings (SSSR count). The highest BCUT2D eigenvalue weighted by atomic mass is 35.5. The van der Waals surface area contributed by atoms with E-state index in [0.29, 0.717) is 11.8 Å². The molecule has 146 valence electrons. The summed E-state index contributed by atoms with van der Waals surface area (Å²) < 4.78 is 0. The smallest absolute Gasteiger partial charge is 0.232 e. The Bertz CT molecular complexity index is 784. The van der Waals surface area contributed by atoms with Gasteiger partial charge in [-0.1, -0.05) is 35.9 Å². The van der Waals surface area contributed by atoms with Crippen LogP contribution in [0.1, 0.15) is 25.7 Å². The number of nitrogens with zero attached hydrogens (tertiary/aromatic N) is 1. The first kappa shape index (κ1) is 20.8. The van der Waals surface area contributed by atoms with Gasteiger partial charge >= 0.3 is 0 Å². The van der Waals surface area contributed by atoms with Crippen LogP contribution in [-0.2, 0) is 4.79 Å². The summed E-state index contributed by atoms with van der Waals surface area (Å²) in [5, 5.41) is 6.60. The molecule has 1 N–H and O–H groups in total. The van der Waals surface area contributed by atoms with Crippen LogP contribution < -0.4 is 5.32 Å². The predicted molar refractivity (Wildman–Crippen MR) is 117 cm³/mol. The van der Waals surface area contributed by atoms with Crippen molar-refractivity contribution in [2.24, 2.45) is 5.92 Å². The summed E-state index contributed by atoms with van der Waals surface area (Å²) in [5.41, 5.74) is 0. The van der Waals surface area contributed by atoms with E-state index in [9.17, 15) is 4.79 Å². The van der Waals surface area contributed by atoms with Crippen LogP contribution in [0.25, 0.3) is 10.8 Å². The number of piperidine rings is 1. The van der Waals surface area contributed by atoms with Gasteiger partial charge in [0.1, 0.15) is 0 Å². The van der Waals surface area contributed by atoms with Crippen molar-refractivity contribution in [2.45, 2.75) is 36.6 Å². The molecule has 0 radical (unpaired) electrons. The van der Waals surface area contributed by atoms with Gasteiger partial charge in [-0.05, 0) is 55.7 Å². The zero-order valence-corrected chi connectivity index (χ0v) is 17.7. The van der Waals surface area contributed by atoms with E-state index in [2.05, 4.69) is 23.5 Å². The van der Waals surface area contributed by atoms with Crippen LogP contribution in [0.5, 0.6) is 0 Å². The molecule has 0 atom stereocenters. The molecule has 0 spiro atoms. The van der Waals surface area contributed by atoms with Gasteiger partial charge in [-0.3, -0.25) is 4.79 Å². The van der Waals surface area contributed by atoms with Crippen LogP contribution in [0, 0.1) is 5.92 Å². The highest BCUT2D eigenvalue weighted by Crippen LogP contribution is 2.33. The van der Waals surface area contributed by atoms with E-state index in [1.54, 1.807) is 11.8 Å². The third kappa shape index (κ3) is 5.32. The van der Waals surface area contributed by atoms with Crippen molar-refractivity contribution in [1.82, 2.24) is 10.2 Å². The van der Waals surface area contributed by atoms with Crippen molar-refractivity contribution in [3.05, 3.63) is 41.4 Å². The van der Waals surface area contributed by atoms with E-state index in [-0.39, 0.29) is 18.3 Å². The lowest BCUT2D eigenvalue weighted by Gasteiger charge is -2.32. The molecule has 1 saturated carbocycles. The van der Waals surface area contributed by atoms with Crippen LogP contribution >= 0.6 is 35.8 Å². The van der Waals surface area contributed by atoms with Crippen molar-refractivity contribution in [2.75, 3.05) is 25.4 Å². The Balaban J connectivity index is 0.00000210. The van der Waals surface area contributed by atoms with Gasteiger partial charge in [0, 0.05) is 34.4 Å². The van der Waals surface area contributed by atoms with E-state index in [1.807, 2.05) is 23.1 Å². The Labute approximate surface area is 176 Å². The van der Waals surface area contributed by atoms with Crippen LogP contribution in [0.3, 0.4) is 0 Å². The molecule has 1 heterocycles. The largest absolute Gasteiger partial charge is 0.342 e. The molecule has 1 aliphatic carbocycles. The summed E-state index contributed by atoms with van der Waals surface area (Å²) in [4.78, 5) is 15.7. The number of carbonyl (C=O) groups is 1. The number of fused-ring (bicyclic) bond motifs is 1. The van der Waals surface area contributed by atoms with Crippen LogP contribution in [-0.4, -0.2) is 42.2 Å². The minimum Gasteiger partial charge on any atom is -0.342 e. The molecule has 2 aromatic carbocycles.